The maximum atomic E-state index is 12.7. The Bertz CT molecular complexity index is 465. The van der Waals surface area contributed by atoms with Crippen LogP contribution in [0, 0.1) is 5.41 Å². The van der Waals surface area contributed by atoms with Crippen molar-refractivity contribution in [1.82, 2.24) is 9.97 Å². The lowest BCUT2D eigenvalue weighted by molar-refractivity contribution is -0.120. The Morgan fingerprint density at radius 1 is 1.33 bits per heavy atom. The number of rotatable bonds is 6. The van der Waals surface area contributed by atoms with E-state index in [0.29, 0.717) is 12.4 Å². The smallest absolute Gasteiger partial charge is 0.232 e. The van der Waals surface area contributed by atoms with E-state index in [-0.39, 0.29) is 17.4 Å². The number of hydrogen-bond donors (Lipinski definition) is 0. The molecule has 1 unspecified atom stereocenters. The molecule has 0 radical (unpaired) electrons. The Labute approximate surface area is 129 Å². The van der Waals surface area contributed by atoms with Gasteiger partial charge in [0.1, 0.15) is 0 Å². The summed E-state index contributed by atoms with van der Waals surface area (Å²) in [6.45, 7) is 12.5. The van der Waals surface area contributed by atoms with Crippen LogP contribution in [0.2, 0.25) is 0 Å². The zero-order valence-corrected chi connectivity index (χ0v) is 14.3. The summed E-state index contributed by atoms with van der Waals surface area (Å²) < 4.78 is 0. The van der Waals surface area contributed by atoms with Crippen molar-refractivity contribution in [1.29, 1.82) is 0 Å². The highest BCUT2D eigenvalue weighted by Gasteiger charge is 2.27. The van der Waals surface area contributed by atoms with E-state index in [1.54, 1.807) is 11.1 Å². The summed E-state index contributed by atoms with van der Waals surface area (Å²) in [5, 5.41) is 0. The number of carbonyl (C=O) groups excluding carboxylic acids is 1. The van der Waals surface area contributed by atoms with Crippen molar-refractivity contribution in [3.05, 3.63) is 18.0 Å². The molecule has 0 aliphatic heterocycles. The van der Waals surface area contributed by atoms with Crippen LogP contribution >= 0.6 is 0 Å². The molecule has 0 bridgehead atoms. The Morgan fingerprint density at radius 3 is 2.52 bits per heavy atom. The molecule has 1 atom stereocenters. The van der Waals surface area contributed by atoms with Gasteiger partial charge in [-0.05, 0) is 31.2 Å². The van der Waals surface area contributed by atoms with Crippen molar-refractivity contribution in [2.75, 3.05) is 4.90 Å². The second kappa shape index (κ2) is 7.53. The minimum Gasteiger partial charge on any atom is -0.278 e. The first-order chi connectivity index (χ1) is 9.78. The third-order valence-corrected chi connectivity index (χ3v) is 3.40. The molecule has 0 saturated heterocycles. The molecule has 0 saturated carbocycles. The summed E-state index contributed by atoms with van der Waals surface area (Å²) in [5.74, 6) is 0.648. The number of aromatic nitrogens is 2. The number of nitrogens with zero attached hydrogens (tertiary/aromatic N) is 3. The first-order valence-electron chi connectivity index (χ1n) is 7.92. The van der Waals surface area contributed by atoms with Crippen LogP contribution in [0.15, 0.2) is 12.3 Å². The van der Waals surface area contributed by atoms with E-state index in [0.717, 1.165) is 25.0 Å². The van der Waals surface area contributed by atoms with Gasteiger partial charge in [-0.25, -0.2) is 9.97 Å². The zero-order chi connectivity index (χ0) is 16.0. The molecule has 21 heavy (non-hydrogen) atoms. The van der Waals surface area contributed by atoms with Gasteiger partial charge in [-0.1, -0.05) is 41.0 Å². The molecule has 1 aromatic heterocycles. The lowest BCUT2D eigenvalue weighted by Crippen LogP contribution is -2.41. The van der Waals surface area contributed by atoms with Crippen molar-refractivity contribution >= 4 is 11.9 Å². The van der Waals surface area contributed by atoms with Crippen LogP contribution in [-0.2, 0) is 11.2 Å². The molecule has 0 N–H and O–H groups in total. The molecule has 0 aliphatic carbocycles. The summed E-state index contributed by atoms with van der Waals surface area (Å²) in [6, 6.07) is 2.03. The summed E-state index contributed by atoms with van der Waals surface area (Å²) >= 11 is 0. The van der Waals surface area contributed by atoms with Gasteiger partial charge in [0.05, 0.1) is 0 Å². The summed E-state index contributed by atoms with van der Waals surface area (Å²) in [7, 11) is 0. The van der Waals surface area contributed by atoms with Crippen LogP contribution in [0.3, 0.4) is 0 Å². The van der Waals surface area contributed by atoms with Crippen LogP contribution in [0.1, 0.15) is 66.5 Å². The molecule has 1 heterocycles. The van der Waals surface area contributed by atoms with Gasteiger partial charge >= 0.3 is 0 Å². The lowest BCUT2D eigenvalue weighted by atomic mass is 9.91. The molecule has 1 rings (SSSR count). The Morgan fingerprint density at radius 2 is 2.00 bits per heavy atom. The molecule has 0 aliphatic rings. The lowest BCUT2D eigenvalue weighted by Gasteiger charge is -2.29. The molecule has 1 amide bonds. The van der Waals surface area contributed by atoms with Gasteiger partial charge in [0.15, 0.2) is 0 Å². The molecular weight excluding hydrogens is 262 g/mol. The summed E-state index contributed by atoms with van der Waals surface area (Å²) in [4.78, 5) is 23.4. The number of hydrogen-bond acceptors (Lipinski definition) is 3. The quantitative estimate of drug-likeness (QED) is 0.796. The van der Waals surface area contributed by atoms with E-state index in [1.807, 2.05) is 6.07 Å². The van der Waals surface area contributed by atoms with Crippen molar-refractivity contribution in [2.24, 2.45) is 5.41 Å². The number of amides is 1. The van der Waals surface area contributed by atoms with Crippen molar-refractivity contribution < 1.29 is 4.79 Å². The fourth-order valence-corrected chi connectivity index (χ4v) is 2.17. The van der Waals surface area contributed by atoms with Crippen LogP contribution in [0.4, 0.5) is 5.95 Å². The zero-order valence-electron chi connectivity index (χ0n) is 14.3. The van der Waals surface area contributed by atoms with Crippen LogP contribution in [-0.4, -0.2) is 21.9 Å². The van der Waals surface area contributed by atoms with Gasteiger partial charge in [0.25, 0.3) is 0 Å². The normalized spacial score (nSPS) is 13.0. The second-order valence-electron chi connectivity index (χ2n) is 6.86. The highest BCUT2D eigenvalue weighted by atomic mass is 16.2. The molecule has 118 valence electrons. The van der Waals surface area contributed by atoms with Crippen molar-refractivity contribution in [3.63, 3.8) is 0 Å². The number of anilines is 1. The monoisotopic (exact) mass is 291 g/mol. The van der Waals surface area contributed by atoms with Gasteiger partial charge in [0, 0.05) is 24.4 Å². The van der Waals surface area contributed by atoms with Crippen molar-refractivity contribution in [3.8, 4) is 0 Å². The first-order valence-corrected chi connectivity index (χ1v) is 7.92. The third-order valence-electron chi connectivity index (χ3n) is 3.40. The van der Waals surface area contributed by atoms with Crippen LogP contribution in [0.25, 0.3) is 0 Å². The van der Waals surface area contributed by atoms with Crippen LogP contribution in [0.5, 0.6) is 0 Å². The predicted molar refractivity (Wildman–Crippen MR) is 87.3 cm³/mol. The van der Waals surface area contributed by atoms with E-state index >= 15 is 0 Å². The van der Waals surface area contributed by atoms with E-state index in [4.69, 9.17) is 0 Å². The van der Waals surface area contributed by atoms with E-state index in [9.17, 15) is 4.79 Å². The van der Waals surface area contributed by atoms with Gasteiger partial charge in [-0.3, -0.25) is 9.69 Å². The van der Waals surface area contributed by atoms with Gasteiger partial charge < -0.3 is 0 Å². The summed E-state index contributed by atoms with van der Waals surface area (Å²) in [6.07, 6.45) is 5.09. The average Bonchev–Trinajstić information content (AvgIpc) is 2.37. The van der Waals surface area contributed by atoms with Gasteiger partial charge in [-0.15, -0.1) is 0 Å². The molecular formula is C17H29N3O. The third kappa shape index (κ3) is 5.44. The minimum atomic E-state index is -0.0379. The second-order valence-corrected chi connectivity index (χ2v) is 6.86. The topological polar surface area (TPSA) is 46.1 Å². The Hall–Kier alpha value is -1.45. The molecule has 0 spiro atoms. The standard InChI is InChI=1S/C17H29N3O/c1-7-9-14-10-11-18-16(19-14)20(13(3)8-2)15(21)12-17(4,5)6/h10-11,13H,7-9,12H2,1-6H3. The maximum Gasteiger partial charge on any atom is 0.232 e. The molecule has 1 aromatic rings. The molecule has 4 heteroatoms. The fraction of sp³-hybridized carbons (Fsp3) is 0.706. The van der Waals surface area contributed by atoms with Gasteiger partial charge in [0.2, 0.25) is 11.9 Å². The molecule has 4 nitrogen and oxygen atoms in total. The highest BCUT2D eigenvalue weighted by molar-refractivity contribution is 5.92. The SMILES string of the molecule is CCCc1ccnc(N(C(=O)CC(C)(C)C)C(C)CC)n1. The number of carbonyl (C=O) groups is 1. The van der Waals surface area contributed by atoms with E-state index in [1.165, 1.54) is 0 Å². The van der Waals surface area contributed by atoms with E-state index in [2.05, 4.69) is 51.5 Å². The maximum absolute atomic E-state index is 12.7. The predicted octanol–water partition coefficient (Wildman–Crippen LogP) is 4.00. The Balaban J connectivity index is 3.07. The fourth-order valence-electron chi connectivity index (χ4n) is 2.17. The van der Waals surface area contributed by atoms with Gasteiger partial charge in [-0.2, -0.15) is 0 Å². The van der Waals surface area contributed by atoms with Crippen LogP contribution < -0.4 is 4.90 Å². The molecule has 0 aromatic carbocycles. The first kappa shape index (κ1) is 17.6. The minimum absolute atomic E-state index is 0.0379. The van der Waals surface area contributed by atoms with E-state index < -0.39 is 0 Å². The molecule has 0 fully saturated rings. The Kier molecular flexibility index (Phi) is 6.31. The summed E-state index contributed by atoms with van der Waals surface area (Å²) in [5.41, 5.74) is 0.962. The average molecular weight is 291 g/mol. The highest BCUT2D eigenvalue weighted by Crippen LogP contribution is 2.23. The largest absolute Gasteiger partial charge is 0.278 e. The van der Waals surface area contributed by atoms with Crippen molar-refractivity contribution in [2.45, 2.75) is 73.3 Å². The number of aryl methyl sites for hydroxylation is 1.